The van der Waals surface area contributed by atoms with Crippen molar-refractivity contribution in [2.24, 2.45) is 0 Å². The summed E-state index contributed by atoms with van der Waals surface area (Å²) in [6, 6.07) is 7.74. The Kier molecular flexibility index (Phi) is 6.03. The van der Waals surface area contributed by atoms with Crippen LogP contribution >= 0.6 is 0 Å². The molecule has 1 aromatic heterocycles. The summed E-state index contributed by atoms with van der Waals surface area (Å²) in [4.78, 5) is 30.7. The van der Waals surface area contributed by atoms with Crippen molar-refractivity contribution in [3.05, 3.63) is 65.0 Å². The lowest BCUT2D eigenvalue weighted by Gasteiger charge is -2.40. The second-order valence-corrected chi connectivity index (χ2v) is 8.60. The van der Waals surface area contributed by atoms with Gasteiger partial charge >= 0.3 is 0 Å². The highest BCUT2D eigenvalue weighted by atomic mass is 19.1. The molecule has 2 heterocycles. The minimum atomic E-state index is -0.426. The molecule has 7 heteroatoms. The maximum absolute atomic E-state index is 14.1. The van der Waals surface area contributed by atoms with Crippen LogP contribution in [-0.4, -0.2) is 41.3 Å². The normalized spacial score (nSPS) is 19.3. The SMILES string of the molecule is CCNC(=O)C[C@H]1CC2(CCN(C(=O)Cc3ccc(F)cn3)CC2)c2cc(F)ccc21. The number of nitrogens with one attached hydrogen (secondary N) is 1. The molecule has 1 N–H and O–H groups in total. The molecule has 0 saturated carbocycles. The average molecular weight is 427 g/mol. The standard InChI is InChI=1S/C24H27F2N3O2/c1-2-27-22(30)11-16-14-24(21-12-17(25)4-6-20(16)21)7-9-29(10-8-24)23(31)13-19-5-3-18(26)15-28-19/h3-6,12,15-16H,2,7-11,13-14H2,1H3,(H,27,30)/t16-/m0/s1. The van der Waals surface area contributed by atoms with Gasteiger partial charge in [-0.25, -0.2) is 8.78 Å². The lowest BCUT2D eigenvalue weighted by molar-refractivity contribution is -0.132. The lowest BCUT2D eigenvalue weighted by Crippen LogP contribution is -2.45. The summed E-state index contributed by atoms with van der Waals surface area (Å²) in [5.74, 6) is -0.652. The molecule has 1 atom stereocenters. The first-order chi connectivity index (χ1) is 14.9. The smallest absolute Gasteiger partial charge is 0.228 e. The predicted octanol–water partition coefficient (Wildman–Crippen LogP) is 3.48. The molecular weight excluding hydrogens is 400 g/mol. The minimum absolute atomic E-state index is 0.0132. The summed E-state index contributed by atoms with van der Waals surface area (Å²) in [5.41, 5.74) is 2.39. The second-order valence-electron chi connectivity index (χ2n) is 8.60. The van der Waals surface area contributed by atoms with Gasteiger partial charge in [-0.15, -0.1) is 0 Å². The van der Waals surface area contributed by atoms with Crippen LogP contribution in [0.4, 0.5) is 8.78 Å². The Morgan fingerprint density at radius 3 is 2.58 bits per heavy atom. The predicted molar refractivity (Wildman–Crippen MR) is 112 cm³/mol. The first-order valence-corrected chi connectivity index (χ1v) is 10.8. The fourth-order valence-corrected chi connectivity index (χ4v) is 5.15. The Labute approximate surface area is 180 Å². The summed E-state index contributed by atoms with van der Waals surface area (Å²) < 4.78 is 27.2. The fourth-order valence-electron chi connectivity index (χ4n) is 5.15. The third kappa shape index (κ3) is 4.45. The van der Waals surface area contributed by atoms with Crippen LogP contribution in [0.15, 0.2) is 36.5 Å². The van der Waals surface area contributed by atoms with Crippen molar-refractivity contribution in [1.29, 1.82) is 0 Å². The molecule has 0 bridgehead atoms. The van der Waals surface area contributed by atoms with Gasteiger partial charge < -0.3 is 10.2 Å². The molecule has 1 aliphatic heterocycles. The van der Waals surface area contributed by atoms with E-state index < -0.39 is 5.82 Å². The van der Waals surface area contributed by atoms with Crippen molar-refractivity contribution >= 4 is 11.8 Å². The van der Waals surface area contributed by atoms with E-state index in [0.717, 1.165) is 36.6 Å². The number of hydrogen-bond acceptors (Lipinski definition) is 3. The summed E-state index contributed by atoms with van der Waals surface area (Å²) in [7, 11) is 0. The van der Waals surface area contributed by atoms with Crippen LogP contribution in [0.1, 0.15) is 55.3 Å². The van der Waals surface area contributed by atoms with Gasteiger partial charge in [0.25, 0.3) is 0 Å². The zero-order chi connectivity index (χ0) is 22.0. The molecule has 1 aromatic carbocycles. The van der Waals surface area contributed by atoms with E-state index in [2.05, 4.69) is 10.3 Å². The van der Waals surface area contributed by atoms with E-state index in [1.165, 1.54) is 18.2 Å². The van der Waals surface area contributed by atoms with Crippen LogP contribution < -0.4 is 5.32 Å². The molecule has 0 radical (unpaired) electrons. The Balaban J connectivity index is 1.46. The molecule has 164 valence electrons. The molecule has 1 saturated heterocycles. The number of piperidine rings is 1. The number of amides is 2. The molecule has 4 rings (SSSR count). The van der Waals surface area contributed by atoms with E-state index in [1.54, 1.807) is 6.07 Å². The molecule has 0 unspecified atom stereocenters. The molecule has 31 heavy (non-hydrogen) atoms. The summed E-state index contributed by atoms with van der Waals surface area (Å²) in [5, 5.41) is 2.86. The highest BCUT2D eigenvalue weighted by Gasteiger charge is 2.46. The third-order valence-corrected chi connectivity index (χ3v) is 6.66. The molecule has 1 fully saturated rings. The van der Waals surface area contributed by atoms with E-state index in [9.17, 15) is 18.4 Å². The van der Waals surface area contributed by atoms with Crippen LogP contribution in [0.2, 0.25) is 0 Å². The number of aromatic nitrogens is 1. The van der Waals surface area contributed by atoms with Gasteiger partial charge in [0.15, 0.2) is 0 Å². The molecule has 1 spiro atoms. The largest absolute Gasteiger partial charge is 0.356 e. The maximum atomic E-state index is 14.1. The van der Waals surface area contributed by atoms with Crippen LogP contribution in [0.3, 0.4) is 0 Å². The van der Waals surface area contributed by atoms with Crippen molar-refractivity contribution in [3.63, 3.8) is 0 Å². The quantitative estimate of drug-likeness (QED) is 0.795. The van der Waals surface area contributed by atoms with Gasteiger partial charge in [0.05, 0.1) is 12.6 Å². The lowest BCUT2D eigenvalue weighted by atomic mass is 9.73. The molecule has 1 aliphatic carbocycles. The number of likely N-dealkylation sites (tertiary alicyclic amines) is 1. The molecule has 2 amide bonds. The van der Waals surface area contributed by atoms with Gasteiger partial charge in [-0.1, -0.05) is 6.07 Å². The first kappa shape index (κ1) is 21.4. The highest BCUT2D eigenvalue weighted by molar-refractivity contribution is 5.79. The third-order valence-electron chi connectivity index (χ3n) is 6.66. The summed E-state index contributed by atoms with van der Waals surface area (Å²) in [6.07, 6.45) is 3.92. The van der Waals surface area contributed by atoms with Gasteiger partial charge in [0, 0.05) is 31.7 Å². The van der Waals surface area contributed by atoms with Crippen LogP contribution in [0.25, 0.3) is 0 Å². The van der Waals surface area contributed by atoms with Crippen LogP contribution in [0, 0.1) is 11.6 Å². The number of fused-ring (bicyclic) bond motifs is 2. The van der Waals surface area contributed by atoms with Crippen LogP contribution in [0.5, 0.6) is 0 Å². The van der Waals surface area contributed by atoms with Crippen molar-refractivity contribution in [2.75, 3.05) is 19.6 Å². The number of carbonyl (C=O) groups is 2. The van der Waals surface area contributed by atoms with Crippen molar-refractivity contribution in [3.8, 4) is 0 Å². The topological polar surface area (TPSA) is 62.3 Å². The van der Waals surface area contributed by atoms with E-state index in [-0.39, 0.29) is 35.4 Å². The molecule has 2 aromatic rings. The van der Waals surface area contributed by atoms with Crippen molar-refractivity contribution in [2.45, 2.75) is 50.4 Å². The molecule has 5 nitrogen and oxygen atoms in total. The van der Waals surface area contributed by atoms with Crippen molar-refractivity contribution < 1.29 is 18.4 Å². The van der Waals surface area contributed by atoms with Crippen molar-refractivity contribution in [1.82, 2.24) is 15.2 Å². The maximum Gasteiger partial charge on any atom is 0.228 e. The number of carbonyl (C=O) groups excluding carboxylic acids is 2. The zero-order valence-electron chi connectivity index (χ0n) is 17.7. The summed E-state index contributed by atoms with van der Waals surface area (Å²) >= 11 is 0. The fraction of sp³-hybridized carbons (Fsp3) is 0.458. The van der Waals surface area contributed by atoms with E-state index in [1.807, 2.05) is 17.9 Å². The number of benzene rings is 1. The molecule has 2 aliphatic rings. The Morgan fingerprint density at radius 2 is 1.90 bits per heavy atom. The molecular formula is C24H27F2N3O2. The van der Waals surface area contributed by atoms with Gasteiger partial charge in [0.1, 0.15) is 11.6 Å². The number of hydrogen-bond donors (Lipinski definition) is 1. The number of halogens is 2. The Hall–Kier alpha value is -2.83. The van der Waals surface area contributed by atoms with E-state index >= 15 is 0 Å². The first-order valence-electron chi connectivity index (χ1n) is 10.8. The second kappa shape index (κ2) is 8.73. The van der Waals surface area contributed by atoms with Gasteiger partial charge in [-0.2, -0.15) is 0 Å². The highest BCUT2D eigenvalue weighted by Crippen LogP contribution is 2.52. The van der Waals surface area contributed by atoms with Gasteiger partial charge in [-0.3, -0.25) is 14.6 Å². The van der Waals surface area contributed by atoms with Crippen LogP contribution in [-0.2, 0) is 21.4 Å². The van der Waals surface area contributed by atoms with Gasteiger partial charge in [-0.05, 0) is 72.9 Å². The average Bonchev–Trinajstić information content (AvgIpc) is 3.02. The van der Waals surface area contributed by atoms with Gasteiger partial charge in [0.2, 0.25) is 11.8 Å². The zero-order valence-corrected chi connectivity index (χ0v) is 17.7. The number of nitrogens with zero attached hydrogens (tertiary/aromatic N) is 2. The summed E-state index contributed by atoms with van der Waals surface area (Å²) in [6.45, 7) is 3.63. The Bertz CT molecular complexity index is 969. The number of rotatable bonds is 5. The Morgan fingerprint density at radius 1 is 1.16 bits per heavy atom. The minimum Gasteiger partial charge on any atom is -0.356 e. The monoisotopic (exact) mass is 427 g/mol. The number of pyridine rings is 1. The van der Waals surface area contributed by atoms with E-state index in [0.29, 0.717) is 31.7 Å². The van der Waals surface area contributed by atoms with E-state index in [4.69, 9.17) is 0 Å².